The number of nitrogens with one attached hydrogen (secondary N) is 2. The first-order valence-electron chi connectivity index (χ1n) is 7.02. The molecule has 0 amide bonds. The van der Waals surface area contributed by atoms with Crippen molar-refractivity contribution in [2.75, 3.05) is 17.2 Å². The number of halogens is 1. The fourth-order valence-corrected chi connectivity index (χ4v) is 3.48. The van der Waals surface area contributed by atoms with Crippen molar-refractivity contribution in [2.24, 2.45) is 5.92 Å². The lowest BCUT2D eigenvalue weighted by Gasteiger charge is -2.45. The molecule has 0 atom stereocenters. The Hall–Kier alpha value is -0.890. The summed E-state index contributed by atoms with van der Waals surface area (Å²) in [5.74, 6) is 0.929. The van der Waals surface area contributed by atoms with E-state index in [0.29, 0.717) is 0 Å². The molecular weight excluding hydrogens is 244 g/mol. The highest BCUT2D eigenvalue weighted by Crippen LogP contribution is 2.41. The van der Waals surface area contributed by atoms with E-state index in [9.17, 15) is 0 Å². The molecule has 1 heterocycles. The number of hydrogen-bond acceptors (Lipinski definition) is 2. The lowest BCUT2D eigenvalue weighted by molar-refractivity contribution is 0.255. The third-order valence-electron chi connectivity index (χ3n) is 4.64. The number of fused-ring (bicyclic) bond motifs is 1. The van der Waals surface area contributed by atoms with Crippen LogP contribution in [0.3, 0.4) is 0 Å². The second-order valence-corrected chi connectivity index (χ2v) is 6.24. The van der Waals surface area contributed by atoms with Gasteiger partial charge in [-0.1, -0.05) is 24.9 Å². The summed E-state index contributed by atoms with van der Waals surface area (Å²) in [6.07, 6.45) is 6.56. The van der Waals surface area contributed by atoms with E-state index in [1.165, 1.54) is 43.5 Å². The Bertz CT molecular complexity index is 436. The van der Waals surface area contributed by atoms with Crippen LogP contribution in [0.25, 0.3) is 0 Å². The molecule has 1 saturated carbocycles. The number of benzene rings is 1. The molecule has 3 rings (SSSR count). The maximum Gasteiger partial charge on any atom is 0.0595 e. The molecule has 1 aromatic carbocycles. The van der Waals surface area contributed by atoms with Crippen molar-refractivity contribution in [3.05, 3.63) is 23.2 Å². The third kappa shape index (κ3) is 2.18. The molecule has 1 aliphatic carbocycles. The first-order valence-corrected chi connectivity index (χ1v) is 7.40. The minimum atomic E-state index is 0.253. The van der Waals surface area contributed by atoms with Crippen LogP contribution >= 0.6 is 11.6 Å². The molecule has 18 heavy (non-hydrogen) atoms. The first kappa shape index (κ1) is 12.2. The number of hydrogen-bond donors (Lipinski definition) is 2. The molecular formula is C15H21ClN2. The van der Waals surface area contributed by atoms with Gasteiger partial charge in [0.05, 0.1) is 16.9 Å². The molecule has 98 valence electrons. The second kappa shape index (κ2) is 4.65. The topological polar surface area (TPSA) is 24.1 Å². The van der Waals surface area contributed by atoms with Gasteiger partial charge in [0.2, 0.25) is 0 Å². The minimum Gasteiger partial charge on any atom is -0.381 e. The minimum absolute atomic E-state index is 0.253. The lowest BCUT2D eigenvalue weighted by Crippen LogP contribution is -2.50. The smallest absolute Gasteiger partial charge is 0.0595 e. The molecule has 2 aliphatic rings. The van der Waals surface area contributed by atoms with Crippen LogP contribution < -0.4 is 10.6 Å². The van der Waals surface area contributed by atoms with Crippen LogP contribution in [0.1, 0.15) is 39.0 Å². The van der Waals surface area contributed by atoms with Gasteiger partial charge in [-0.3, -0.25) is 0 Å². The van der Waals surface area contributed by atoms with Crippen LogP contribution in [0, 0.1) is 5.92 Å². The molecule has 1 aliphatic heterocycles. The maximum absolute atomic E-state index is 6.08. The Labute approximate surface area is 114 Å². The van der Waals surface area contributed by atoms with Gasteiger partial charge in [0.15, 0.2) is 0 Å². The molecule has 2 nitrogen and oxygen atoms in total. The number of rotatable bonds is 1. The van der Waals surface area contributed by atoms with Crippen LogP contribution in [-0.4, -0.2) is 12.1 Å². The summed E-state index contributed by atoms with van der Waals surface area (Å²) in [4.78, 5) is 0. The Morgan fingerprint density at radius 3 is 2.78 bits per heavy atom. The van der Waals surface area contributed by atoms with Gasteiger partial charge in [-0.2, -0.15) is 0 Å². The van der Waals surface area contributed by atoms with Crippen LogP contribution in [-0.2, 0) is 0 Å². The molecule has 0 bridgehead atoms. The van der Waals surface area contributed by atoms with Gasteiger partial charge in [-0.25, -0.2) is 0 Å². The van der Waals surface area contributed by atoms with Gasteiger partial charge in [0.1, 0.15) is 0 Å². The van der Waals surface area contributed by atoms with E-state index < -0.39 is 0 Å². The van der Waals surface area contributed by atoms with Crippen molar-refractivity contribution in [1.29, 1.82) is 0 Å². The summed E-state index contributed by atoms with van der Waals surface area (Å²) in [6.45, 7) is 3.35. The fourth-order valence-electron chi connectivity index (χ4n) is 3.31. The van der Waals surface area contributed by atoms with E-state index in [1.54, 1.807) is 0 Å². The predicted molar refractivity (Wildman–Crippen MR) is 78.5 cm³/mol. The summed E-state index contributed by atoms with van der Waals surface area (Å²) in [7, 11) is 0. The molecule has 0 aromatic heterocycles. The Morgan fingerprint density at radius 2 is 2.06 bits per heavy atom. The summed E-state index contributed by atoms with van der Waals surface area (Å²) in [5, 5.41) is 8.12. The SMILES string of the molecule is CCC1CCC2(CC1)CNc1ccc(Cl)cc1N2. The van der Waals surface area contributed by atoms with Crippen LogP contribution in [0.15, 0.2) is 18.2 Å². The Morgan fingerprint density at radius 1 is 1.28 bits per heavy atom. The Kier molecular flexibility index (Phi) is 3.14. The van der Waals surface area contributed by atoms with Gasteiger partial charge < -0.3 is 10.6 Å². The van der Waals surface area contributed by atoms with E-state index in [4.69, 9.17) is 11.6 Å². The molecule has 2 N–H and O–H groups in total. The highest BCUT2D eigenvalue weighted by atomic mass is 35.5. The zero-order valence-electron chi connectivity index (χ0n) is 10.9. The predicted octanol–water partition coefficient (Wildman–Crippen LogP) is 4.52. The van der Waals surface area contributed by atoms with Crippen molar-refractivity contribution in [2.45, 2.75) is 44.6 Å². The van der Waals surface area contributed by atoms with Gasteiger partial charge in [-0.15, -0.1) is 0 Å². The van der Waals surface area contributed by atoms with E-state index in [2.05, 4.69) is 23.6 Å². The maximum atomic E-state index is 6.08. The fraction of sp³-hybridized carbons (Fsp3) is 0.600. The third-order valence-corrected chi connectivity index (χ3v) is 4.87. The van der Waals surface area contributed by atoms with E-state index in [1.807, 2.05) is 12.1 Å². The van der Waals surface area contributed by atoms with Crippen LogP contribution in [0.2, 0.25) is 5.02 Å². The molecule has 0 radical (unpaired) electrons. The lowest BCUT2D eigenvalue weighted by atomic mass is 9.74. The zero-order chi connectivity index (χ0) is 12.6. The van der Waals surface area contributed by atoms with Crippen molar-refractivity contribution in [3.63, 3.8) is 0 Å². The first-order chi connectivity index (χ1) is 8.71. The van der Waals surface area contributed by atoms with Gasteiger partial charge >= 0.3 is 0 Å². The van der Waals surface area contributed by atoms with Crippen molar-refractivity contribution < 1.29 is 0 Å². The average Bonchev–Trinajstić information content (AvgIpc) is 2.39. The van der Waals surface area contributed by atoms with Gasteiger partial charge in [-0.05, 0) is 49.8 Å². The van der Waals surface area contributed by atoms with E-state index in [-0.39, 0.29) is 5.54 Å². The van der Waals surface area contributed by atoms with Crippen LogP contribution in [0.4, 0.5) is 11.4 Å². The van der Waals surface area contributed by atoms with Crippen molar-refractivity contribution in [3.8, 4) is 0 Å². The molecule has 1 fully saturated rings. The quantitative estimate of drug-likeness (QED) is 0.780. The van der Waals surface area contributed by atoms with E-state index in [0.717, 1.165) is 17.5 Å². The summed E-state index contributed by atoms with van der Waals surface area (Å²) in [5.41, 5.74) is 2.61. The van der Waals surface area contributed by atoms with Crippen LogP contribution in [0.5, 0.6) is 0 Å². The number of anilines is 2. The molecule has 0 saturated heterocycles. The van der Waals surface area contributed by atoms with Gasteiger partial charge in [0, 0.05) is 11.6 Å². The summed E-state index contributed by atoms with van der Waals surface area (Å²) < 4.78 is 0. The van der Waals surface area contributed by atoms with E-state index >= 15 is 0 Å². The molecule has 1 spiro atoms. The normalized spacial score (nSPS) is 30.4. The average molecular weight is 265 g/mol. The van der Waals surface area contributed by atoms with Crippen molar-refractivity contribution >= 4 is 23.0 Å². The second-order valence-electron chi connectivity index (χ2n) is 5.80. The molecule has 0 unspecified atom stereocenters. The standard InChI is InChI=1S/C15H21ClN2/c1-2-11-5-7-15(8-6-11)10-17-13-4-3-12(16)9-14(13)18-15/h3-4,9,11,17-18H,2,5-8,10H2,1H3. The van der Waals surface area contributed by atoms with Crippen molar-refractivity contribution in [1.82, 2.24) is 0 Å². The highest BCUT2D eigenvalue weighted by molar-refractivity contribution is 6.31. The largest absolute Gasteiger partial charge is 0.381 e. The highest BCUT2D eigenvalue weighted by Gasteiger charge is 2.37. The summed E-state index contributed by atoms with van der Waals surface area (Å²) >= 11 is 6.08. The summed E-state index contributed by atoms with van der Waals surface area (Å²) in [6, 6.07) is 6.05. The Balaban J connectivity index is 1.78. The molecule has 3 heteroatoms. The molecule has 1 aromatic rings. The van der Waals surface area contributed by atoms with Gasteiger partial charge in [0.25, 0.3) is 0 Å². The monoisotopic (exact) mass is 264 g/mol. The zero-order valence-corrected chi connectivity index (χ0v) is 11.7.